The monoisotopic (exact) mass is 418 g/mol. The molecule has 0 heterocycles. The second-order valence-electron chi connectivity index (χ2n) is 7.51. The van der Waals surface area contributed by atoms with Crippen LogP contribution in [-0.4, -0.2) is 35.7 Å². The minimum absolute atomic E-state index is 0. The zero-order valence-electron chi connectivity index (χ0n) is 17.5. The Labute approximate surface area is 181 Å². The van der Waals surface area contributed by atoms with Gasteiger partial charge in [-0.3, -0.25) is 4.79 Å². The average molecular weight is 419 g/mol. The molecule has 4 nitrogen and oxygen atoms in total. The summed E-state index contributed by atoms with van der Waals surface area (Å²) in [5.74, 6) is -0.156. The summed E-state index contributed by atoms with van der Waals surface area (Å²) in [7, 11) is 0. The van der Waals surface area contributed by atoms with Crippen molar-refractivity contribution in [2.24, 2.45) is 0 Å². The number of hydrogen-bond donors (Lipinski definition) is 3. The van der Waals surface area contributed by atoms with Gasteiger partial charge < -0.3 is 15.7 Å². The van der Waals surface area contributed by atoms with Gasteiger partial charge in [0.1, 0.15) is 0 Å². The Morgan fingerprint density at radius 2 is 1.62 bits per heavy atom. The van der Waals surface area contributed by atoms with Gasteiger partial charge in [0, 0.05) is 18.2 Å². The number of unbranched alkanes of at least 4 members (excludes halogenated alkanes) is 2. The van der Waals surface area contributed by atoms with Crippen LogP contribution in [0, 0.1) is 0 Å². The molecule has 29 heavy (non-hydrogen) atoms. The number of amides is 1. The number of nitrogens with one attached hydrogen (secondary N) is 2. The SMILES string of the molecule is CCCCCC(C)NC[C@@H](O)[C@H](Cc1ccccc1)NC(=O)c1ccccc1.Cl. The molecular formula is C24H35ClN2O2. The Hall–Kier alpha value is -1.88. The number of carbonyl (C=O) groups is 1. The van der Waals surface area contributed by atoms with E-state index in [1.807, 2.05) is 48.5 Å². The van der Waals surface area contributed by atoms with Crippen LogP contribution in [0.25, 0.3) is 0 Å². The van der Waals surface area contributed by atoms with E-state index in [-0.39, 0.29) is 24.4 Å². The van der Waals surface area contributed by atoms with E-state index < -0.39 is 6.10 Å². The summed E-state index contributed by atoms with van der Waals surface area (Å²) in [5.41, 5.74) is 1.70. The van der Waals surface area contributed by atoms with Crippen molar-refractivity contribution in [1.82, 2.24) is 10.6 Å². The van der Waals surface area contributed by atoms with Crippen LogP contribution in [0.5, 0.6) is 0 Å². The number of rotatable bonds is 12. The molecule has 0 spiro atoms. The van der Waals surface area contributed by atoms with Crippen LogP contribution in [0.3, 0.4) is 0 Å². The molecule has 0 aliphatic rings. The van der Waals surface area contributed by atoms with Gasteiger partial charge in [-0.15, -0.1) is 12.4 Å². The van der Waals surface area contributed by atoms with Gasteiger partial charge in [0.15, 0.2) is 0 Å². The predicted octanol–water partition coefficient (Wildman–Crippen LogP) is 4.37. The maximum Gasteiger partial charge on any atom is 0.251 e. The molecule has 3 atom stereocenters. The van der Waals surface area contributed by atoms with E-state index in [2.05, 4.69) is 24.5 Å². The molecule has 0 saturated heterocycles. The van der Waals surface area contributed by atoms with Gasteiger partial charge >= 0.3 is 0 Å². The summed E-state index contributed by atoms with van der Waals surface area (Å²) in [6, 6.07) is 19.1. The smallest absolute Gasteiger partial charge is 0.251 e. The van der Waals surface area contributed by atoms with Gasteiger partial charge in [0.2, 0.25) is 0 Å². The lowest BCUT2D eigenvalue weighted by Gasteiger charge is -2.26. The third kappa shape index (κ3) is 9.44. The number of carbonyl (C=O) groups excluding carboxylic acids is 1. The molecule has 1 unspecified atom stereocenters. The van der Waals surface area contributed by atoms with Crippen molar-refractivity contribution in [2.75, 3.05) is 6.54 Å². The van der Waals surface area contributed by atoms with Crippen molar-refractivity contribution < 1.29 is 9.90 Å². The molecule has 0 aliphatic heterocycles. The van der Waals surface area contributed by atoms with Crippen LogP contribution < -0.4 is 10.6 Å². The molecule has 1 amide bonds. The van der Waals surface area contributed by atoms with Crippen molar-refractivity contribution in [3.8, 4) is 0 Å². The van der Waals surface area contributed by atoms with Crippen molar-refractivity contribution in [1.29, 1.82) is 0 Å². The fraction of sp³-hybridized carbons (Fsp3) is 0.458. The van der Waals surface area contributed by atoms with E-state index in [1.165, 1.54) is 19.3 Å². The molecule has 2 rings (SSSR count). The Morgan fingerprint density at radius 3 is 2.24 bits per heavy atom. The lowest BCUT2D eigenvalue weighted by Crippen LogP contribution is -2.49. The lowest BCUT2D eigenvalue weighted by atomic mass is 10.00. The summed E-state index contributed by atoms with van der Waals surface area (Å²) in [5, 5.41) is 17.3. The Bertz CT molecular complexity index is 682. The Balaban J connectivity index is 0.00000420. The molecule has 0 aliphatic carbocycles. The third-order valence-corrected chi connectivity index (χ3v) is 5.03. The molecule has 160 valence electrons. The third-order valence-electron chi connectivity index (χ3n) is 5.03. The minimum Gasteiger partial charge on any atom is -0.390 e. The molecule has 5 heteroatoms. The molecule has 0 fully saturated rings. The number of aliphatic hydroxyl groups excluding tert-OH is 1. The number of benzene rings is 2. The zero-order chi connectivity index (χ0) is 20.2. The maximum atomic E-state index is 12.6. The first-order valence-electron chi connectivity index (χ1n) is 10.4. The van der Waals surface area contributed by atoms with E-state index in [1.54, 1.807) is 12.1 Å². The van der Waals surface area contributed by atoms with Crippen molar-refractivity contribution in [2.45, 2.75) is 64.1 Å². The van der Waals surface area contributed by atoms with Gasteiger partial charge in [-0.05, 0) is 37.5 Å². The van der Waals surface area contributed by atoms with Gasteiger partial charge in [0.25, 0.3) is 5.91 Å². The van der Waals surface area contributed by atoms with E-state index in [9.17, 15) is 9.90 Å². The first-order chi connectivity index (χ1) is 13.6. The standard InChI is InChI=1S/C24H34N2O2.ClH/c1-3-4-7-12-19(2)25-18-23(27)22(17-20-13-8-5-9-14-20)26-24(28)21-15-10-6-11-16-21;/h5-6,8-11,13-16,19,22-23,25,27H,3-4,7,12,17-18H2,1-2H3,(H,26,28);1H/t19?,22-,23+;/m0./s1. The van der Waals surface area contributed by atoms with Crippen molar-refractivity contribution in [3.63, 3.8) is 0 Å². The quantitative estimate of drug-likeness (QED) is 0.448. The normalized spacial score (nSPS) is 13.8. The van der Waals surface area contributed by atoms with Gasteiger partial charge in [-0.25, -0.2) is 0 Å². The molecule has 0 bridgehead atoms. The summed E-state index contributed by atoms with van der Waals surface area (Å²) in [6.45, 7) is 4.81. The summed E-state index contributed by atoms with van der Waals surface area (Å²) < 4.78 is 0. The Kier molecular flexibility index (Phi) is 12.3. The number of hydrogen-bond acceptors (Lipinski definition) is 3. The zero-order valence-corrected chi connectivity index (χ0v) is 18.3. The van der Waals surface area contributed by atoms with Gasteiger partial charge in [-0.2, -0.15) is 0 Å². The van der Waals surface area contributed by atoms with E-state index >= 15 is 0 Å². The highest BCUT2D eigenvalue weighted by atomic mass is 35.5. The molecule has 0 aromatic heterocycles. The molecule has 3 N–H and O–H groups in total. The highest BCUT2D eigenvalue weighted by Gasteiger charge is 2.22. The highest BCUT2D eigenvalue weighted by Crippen LogP contribution is 2.09. The van der Waals surface area contributed by atoms with Crippen LogP contribution in [0.4, 0.5) is 0 Å². The van der Waals surface area contributed by atoms with E-state index in [0.717, 1.165) is 12.0 Å². The number of halogens is 1. The minimum atomic E-state index is -0.665. The van der Waals surface area contributed by atoms with Crippen LogP contribution in [-0.2, 0) is 6.42 Å². The van der Waals surface area contributed by atoms with Gasteiger partial charge in [0.05, 0.1) is 12.1 Å². The summed E-state index contributed by atoms with van der Waals surface area (Å²) in [6.07, 6.45) is 4.66. The van der Waals surface area contributed by atoms with E-state index in [0.29, 0.717) is 24.6 Å². The highest BCUT2D eigenvalue weighted by molar-refractivity contribution is 5.94. The first-order valence-corrected chi connectivity index (χ1v) is 10.4. The summed E-state index contributed by atoms with van der Waals surface area (Å²) >= 11 is 0. The Morgan fingerprint density at radius 1 is 1.00 bits per heavy atom. The van der Waals surface area contributed by atoms with Crippen LogP contribution in [0.1, 0.15) is 55.5 Å². The van der Waals surface area contributed by atoms with Crippen LogP contribution in [0.2, 0.25) is 0 Å². The molecule has 2 aromatic rings. The largest absolute Gasteiger partial charge is 0.390 e. The number of aliphatic hydroxyl groups is 1. The van der Waals surface area contributed by atoms with Crippen molar-refractivity contribution >= 4 is 18.3 Å². The first kappa shape index (κ1) is 25.2. The van der Waals surface area contributed by atoms with E-state index in [4.69, 9.17) is 0 Å². The van der Waals surface area contributed by atoms with Crippen LogP contribution in [0.15, 0.2) is 60.7 Å². The predicted molar refractivity (Wildman–Crippen MR) is 123 cm³/mol. The molecule has 0 saturated carbocycles. The molecular weight excluding hydrogens is 384 g/mol. The molecule has 2 aromatic carbocycles. The second kappa shape index (κ2) is 14.2. The fourth-order valence-corrected chi connectivity index (χ4v) is 3.26. The molecule has 0 radical (unpaired) electrons. The fourth-order valence-electron chi connectivity index (χ4n) is 3.26. The maximum absolute atomic E-state index is 12.6. The van der Waals surface area contributed by atoms with Gasteiger partial charge in [-0.1, -0.05) is 74.7 Å². The average Bonchev–Trinajstić information content (AvgIpc) is 2.73. The van der Waals surface area contributed by atoms with Crippen LogP contribution >= 0.6 is 12.4 Å². The lowest BCUT2D eigenvalue weighted by molar-refractivity contribution is 0.0825. The second-order valence-corrected chi connectivity index (χ2v) is 7.51. The summed E-state index contributed by atoms with van der Waals surface area (Å²) in [4.78, 5) is 12.6. The topological polar surface area (TPSA) is 61.4 Å². The van der Waals surface area contributed by atoms with Crippen molar-refractivity contribution in [3.05, 3.63) is 71.8 Å².